The van der Waals surface area contributed by atoms with E-state index in [1.54, 1.807) is 11.3 Å². The van der Waals surface area contributed by atoms with Gasteiger partial charge >= 0.3 is 0 Å². The van der Waals surface area contributed by atoms with E-state index in [-0.39, 0.29) is 5.91 Å². The third-order valence-electron chi connectivity index (χ3n) is 3.59. The summed E-state index contributed by atoms with van der Waals surface area (Å²) >= 11 is 1.56. The van der Waals surface area contributed by atoms with Crippen molar-refractivity contribution >= 4 is 22.4 Å². The second kappa shape index (κ2) is 5.34. The Hall–Kier alpha value is -1.72. The molecule has 0 fully saturated rings. The average Bonchev–Trinajstić information content (AvgIpc) is 2.83. The fourth-order valence-electron chi connectivity index (χ4n) is 2.23. The van der Waals surface area contributed by atoms with Crippen molar-refractivity contribution in [2.75, 3.05) is 11.9 Å². The van der Waals surface area contributed by atoms with Gasteiger partial charge in [-0.15, -0.1) is 11.3 Å². The highest BCUT2D eigenvalue weighted by Gasteiger charge is 2.16. The summed E-state index contributed by atoms with van der Waals surface area (Å²) in [4.78, 5) is 18.0. The molecule has 1 aliphatic heterocycles. The topological polar surface area (TPSA) is 54.0 Å². The number of nitrogens with zero attached hydrogens (tertiary/aromatic N) is 1. The van der Waals surface area contributed by atoms with Crippen LogP contribution in [0.5, 0.6) is 0 Å². The first kappa shape index (κ1) is 13.3. The number of nitrogens with one attached hydrogen (secondary N) is 2. The minimum Gasteiger partial charge on any atom is -0.311 e. The molecule has 0 unspecified atom stereocenters. The van der Waals surface area contributed by atoms with E-state index in [2.05, 4.69) is 15.6 Å². The smallest absolute Gasteiger partial charge is 0.257 e. The van der Waals surface area contributed by atoms with Gasteiger partial charge in [-0.3, -0.25) is 10.1 Å². The molecular formula is C15H17N3OS. The molecule has 3 rings (SSSR count). The van der Waals surface area contributed by atoms with Crippen LogP contribution in [0.25, 0.3) is 0 Å². The van der Waals surface area contributed by atoms with Gasteiger partial charge in [-0.25, -0.2) is 4.98 Å². The maximum atomic E-state index is 12.2. The molecule has 0 aliphatic carbocycles. The number of rotatable bonds is 2. The van der Waals surface area contributed by atoms with Crippen LogP contribution in [0.1, 0.15) is 32.1 Å². The second-order valence-electron chi connectivity index (χ2n) is 5.07. The lowest BCUT2D eigenvalue weighted by molar-refractivity contribution is 0.102. The van der Waals surface area contributed by atoms with Gasteiger partial charge in [0.25, 0.3) is 5.91 Å². The summed E-state index contributed by atoms with van der Waals surface area (Å²) < 4.78 is 0. The molecule has 0 bridgehead atoms. The molecule has 5 heteroatoms. The van der Waals surface area contributed by atoms with Crippen molar-refractivity contribution in [3.63, 3.8) is 0 Å². The van der Waals surface area contributed by atoms with Crippen molar-refractivity contribution in [1.82, 2.24) is 10.3 Å². The monoisotopic (exact) mass is 287 g/mol. The van der Waals surface area contributed by atoms with E-state index in [0.717, 1.165) is 30.8 Å². The third kappa shape index (κ3) is 2.59. The van der Waals surface area contributed by atoms with Gasteiger partial charge in [0.1, 0.15) is 0 Å². The molecule has 0 radical (unpaired) electrons. The van der Waals surface area contributed by atoms with E-state index in [4.69, 9.17) is 0 Å². The van der Waals surface area contributed by atoms with Crippen molar-refractivity contribution in [3.8, 4) is 0 Å². The van der Waals surface area contributed by atoms with E-state index < -0.39 is 0 Å². The Balaban J connectivity index is 1.78. The minimum atomic E-state index is -0.0906. The van der Waals surface area contributed by atoms with Crippen molar-refractivity contribution < 1.29 is 4.79 Å². The van der Waals surface area contributed by atoms with E-state index in [1.165, 1.54) is 10.4 Å². The number of hydrogen-bond acceptors (Lipinski definition) is 4. The van der Waals surface area contributed by atoms with Crippen LogP contribution in [0, 0.1) is 13.8 Å². The number of aryl methyl sites for hydroxylation is 2. The summed E-state index contributed by atoms with van der Waals surface area (Å²) in [5.74, 6) is -0.0906. The van der Waals surface area contributed by atoms with Crippen molar-refractivity contribution in [2.24, 2.45) is 0 Å². The van der Waals surface area contributed by atoms with E-state index >= 15 is 0 Å². The zero-order chi connectivity index (χ0) is 14.1. The summed E-state index contributed by atoms with van der Waals surface area (Å²) in [6.45, 7) is 5.87. The van der Waals surface area contributed by atoms with Gasteiger partial charge in [0, 0.05) is 30.0 Å². The van der Waals surface area contributed by atoms with Crippen LogP contribution >= 0.6 is 11.3 Å². The number of benzene rings is 1. The lowest BCUT2D eigenvalue weighted by Crippen LogP contribution is -2.22. The molecule has 1 aromatic carbocycles. The van der Waals surface area contributed by atoms with Crippen molar-refractivity contribution in [3.05, 3.63) is 45.5 Å². The van der Waals surface area contributed by atoms with Gasteiger partial charge in [0.15, 0.2) is 5.13 Å². The predicted molar refractivity (Wildman–Crippen MR) is 81.4 cm³/mol. The molecule has 1 amide bonds. The molecule has 0 saturated heterocycles. The van der Waals surface area contributed by atoms with Gasteiger partial charge in [0.2, 0.25) is 0 Å². The number of amides is 1. The Kier molecular flexibility index (Phi) is 3.54. The molecule has 104 valence electrons. The number of carbonyl (C=O) groups excluding carboxylic acids is 1. The highest BCUT2D eigenvalue weighted by atomic mass is 32.1. The van der Waals surface area contributed by atoms with Gasteiger partial charge < -0.3 is 5.32 Å². The number of anilines is 1. The van der Waals surface area contributed by atoms with Crippen LogP contribution in [0.4, 0.5) is 5.13 Å². The molecule has 0 atom stereocenters. The zero-order valence-electron chi connectivity index (χ0n) is 11.6. The third-order valence-corrected chi connectivity index (χ3v) is 4.61. The first-order chi connectivity index (χ1) is 9.63. The van der Waals surface area contributed by atoms with E-state index in [0.29, 0.717) is 10.7 Å². The first-order valence-electron chi connectivity index (χ1n) is 6.71. The lowest BCUT2D eigenvalue weighted by Gasteiger charge is -2.09. The van der Waals surface area contributed by atoms with Crippen LogP contribution in [-0.4, -0.2) is 17.4 Å². The van der Waals surface area contributed by atoms with Crippen LogP contribution in [-0.2, 0) is 13.0 Å². The second-order valence-corrected chi connectivity index (χ2v) is 6.15. The normalized spacial score (nSPS) is 13.9. The van der Waals surface area contributed by atoms with Crippen molar-refractivity contribution in [1.29, 1.82) is 0 Å². The van der Waals surface area contributed by atoms with Crippen LogP contribution < -0.4 is 10.6 Å². The molecule has 2 aromatic rings. The Morgan fingerprint density at radius 3 is 2.95 bits per heavy atom. The number of carbonyl (C=O) groups is 1. The van der Waals surface area contributed by atoms with Gasteiger partial charge in [-0.2, -0.15) is 0 Å². The lowest BCUT2D eigenvalue weighted by atomic mass is 10.1. The molecule has 1 aromatic heterocycles. The van der Waals surface area contributed by atoms with Crippen LogP contribution in [0.2, 0.25) is 0 Å². The Morgan fingerprint density at radius 1 is 1.35 bits per heavy atom. The molecular weight excluding hydrogens is 270 g/mol. The Morgan fingerprint density at radius 2 is 2.20 bits per heavy atom. The molecule has 20 heavy (non-hydrogen) atoms. The predicted octanol–water partition coefficient (Wildman–Crippen LogP) is 2.66. The first-order valence-corrected chi connectivity index (χ1v) is 7.53. The number of thiazole rings is 1. The maximum absolute atomic E-state index is 12.2. The molecule has 0 saturated carbocycles. The highest BCUT2D eigenvalue weighted by molar-refractivity contribution is 7.15. The molecule has 2 N–H and O–H groups in total. The maximum Gasteiger partial charge on any atom is 0.257 e. The minimum absolute atomic E-state index is 0.0906. The Labute approximate surface area is 122 Å². The largest absolute Gasteiger partial charge is 0.311 e. The van der Waals surface area contributed by atoms with Gasteiger partial charge in [0.05, 0.1) is 5.69 Å². The van der Waals surface area contributed by atoms with Crippen LogP contribution in [0.15, 0.2) is 18.2 Å². The standard InChI is InChI=1S/C15H17N3OS/c1-9-3-4-11(7-10(9)2)14(19)18-15-17-12-5-6-16-8-13(12)20-15/h3-4,7,16H,5-6,8H2,1-2H3,(H,17,18,19). The fraction of sp³-hybridized carbons (Fsp3) is 0.333. The molecule has 2 heterocycles. The van der Waals surface area contributed by atoms with E-state index in [1.807, 2.05) is 32.0 Å². The molecule has 0 spiro atoms. The van der Waals surface area contributed by atoms with Gasteiger partial charge in [-0.05, 0) is 37.1 Å². The summed E-state index contributed by atoms with van der Waals surface area (Å²) in [6, 6.07) is 5.74. The summed E-state index contributed by atoms with van der Waals surface area (Å²) in [5, 5.41) is 6.91. The molecule has 1 aliphatic rings. The Bertz CT molecular complexity index is 640. The summed E-state index contributed by atoms with van der Waals surface area (Å²) in [5.41, 5.74) is 4.11. The average molecular weight is 287 g/mol. The number of aromatic nitrogens is 1. The number of hydrogen-bond donors (Lipinski definition) is 2. The summed E-state index contributed by atoms with van der Waals surface area (Å²) in [6.07, 6.45) is 0.936. The quantitative estimate of drug-likeness (QED) is 0.893. The van der Waals surface area contributed by atoms with Gasteiger partial charge in [-0.1, -0.05) is 6.07 Å². The summed E-state index contributed by atoms with van der Waals surface area (Å²) in [7, 11) is 0. The van der Waals surface area contributed by atoms with E-state index in [9.17, 15) is 4.79 Å². The zero-order valence-corrected chi connectivity index (χ0v) is 12.4. The molecule has 4 nitrogen and oxygen atoms in total. The fourth-order valence-corrected chi connectivity index (χ4v) is 3.20. The number of fused-ring (bicyclic) bond motifs is 1. The van der Waals surface area contributed by atoms with Crippen molar-refractivity contribution in [2.45, 2.75) is 26.8 Å². The highest BCUT2D eigenvalue weighted by Crippen LogP contribution is 2.25. The van der Waals surface area contributed by atoms with Crippen LogP contribution in [0.3, 0.4) is 0 Å². The SMILES string of the molecule is Cc1ccc(C(=O)Nc2nc3c(s2)CNCC3)cc1C.